The van der Waals surface area contributed by atoms with Gasteiger partial charge in [0.1, 0.15) is 5.82 Å². The van der Waals surface area contributed by atoms with Crippen molar-refractivity contribution in [3.8, 4) is 0 Å². The Kier molecular flexibility index (Phi) is 7.06. The van der Waals surface area contributed by atoms with Crippen LogP contribution in [0.4, 0.5) is 4.39 Å². The van der Waals surface area contributed by atoms with Gasteiger partial charge in [0.05, 0.1) is 5.56 Å². The lowest BCUT2D eigenvalue weighted by Gasteiger charge is -2.06. The average molecular weight is 292 g/mol. The minimum absolute atomic E-state index is 0.0109. The van der Waals surface area contributed by atoms with Gasteiger partial charge in [-0.2, -0.15) is 0 Å². The van der Waals surface area contributed by atoms with Crippen LogP contribution in [0.5, 0.6) is 0 Å². The lowest BCUT2D eigenvalue weighted by Crippen LogP contribution is -2.25. The molecular formula is C13H16Cl2FNO. The van der Waals surface area contributed by atoms with Crippen molar-refractivity contribution in [2.75, 3.05) is 12.4 Å². The van der Waals surface area contributed by atoms with Crippen molar-refractivity contribution < 1.29 is 9.18 Å². The van der Waals surface area contributed by atoms with Crippen LogP contribution in [0.15, 0.2) is 18.2 Å². The summed E-state index contributed by atoms with van der Waals surface area (Å²) in [6.07, 6.45) is 3.90. The molecular weight excluding hydrogens is 276 g/mol. The zero-order chi connectivity index (χ0) is 13.4. The van der Waals surface area contributed by atoms with Crippen LogP contribution in [0.25, 0.3) is 0 Å². The highest BCUT2D eigenvalue weighted by Gasteiger charge is 2.11. The second-order valence-corrected chi connectivity index (χ2v) is 4.80. The zero-order valence-corrected chi connectivity index (χ0v) is 11.5. The molecule has 0 unspecified atom stereocenters. The molecule has 0 bridgehead atoms. The Morgan fingerprint density at radius 3 is 2.67 bits per heavy atom. The number of amides is 1. The lowest BCUT2D eigenvalue weighted by molar-refractivity contribution is 0.0949. The van der Waals surface area contributed by atoms with Gasteiger partial charge in [-0.05, 0) is 31.0 Å². The largest absolute Gasteiger partial charge is 0.352 e. The first-order valence-electron chi connectivity index (χ1n) is 5.94. The SMILES string of the molecule is O=C(NCCCCCCCl)c1cc(Cl)ccc1F. The Bertz CT molecular complexity index is 399. The summed E-state index contributed by atoms with van der Waals surface area (Å²) in [6.45, 7) is 0.535. The number of rotatable bonds is 7. The van der Waals surface area contributed by atoms with Crippen LogP contribution >= 0.6 is 23.2 Å². The minimum atomic E-state index is -0.556. The van der Waals surface area contributed by atoms with E-state index in [1.165, 1.54) is 18.2 Å². The van der Waals surface area contributed by atoms with Gasteiger partial charge in [-0.15, -0.1) is 11.6 Å². The first kappa shape index (κ1) is 15.3. The fourth-order valence-corrected chi connectivity index (χ4v) is 1.90. The molecule has 0 spiro atoms. The van der Waals surface area contributed by atoms with Gasteiger partial charge in [0, 0.05) is 17.4 Å². The van der Waals surface area contributed by atoms with E-state index in [4.69, 9.17) is 23.2 Å². The molecule has 0 atom stereocenters. The van der Waals surface area contributed by atoms with Crippen molar-refractivity contribution in [1.82, 2.24) is 5.32 Å². The number of unbranched alkanes of at least 4 members (excludes halogenated alkanes) is 3. The number of hydrogen-bond acceptors (Lipinski definition) is 1. The van der Waals surface area contributed by atoms with Crippen LogP contribution in [0.2, 0.25) is 5.02 Å². The van der Waals surface area contributed by atoms with Crippen LogP contribution in [0, 0.1) is 5.82 Å². The molecule has 0 heterocycles. The number of hydrogen-bond donors (Lipinski definition) is 1. The fourth-order valence-electron chi connectivity index (χ4n) is 1.54. The summed E-state index contributed by atoms with van der Waals surface area (Å²) >= 11 is 11.3. The van der Waals surface area contributed by atoms with E-state index < -0.39 is 11.7 Å². The van der Waals surface area contributed by atoms with Gasteiger partial charge in [-0.1, -0.05) is 24.4 Å². The average Bonchev–Trinajstić information content (AvgIpc) is 2.36. The molecule has 1 rings (SSSR count). The third-order valence-electron chi connectivity index (χ3n) is 2.52. The van der Waals surface area contributed by atoms with E-state index in [9.17, 15) is 9.18 Å². The fraction of sp³-hybridized carbons (Fsp3) is 0.462. The second-order valence-electron chi connectivity index (χ2n) is 3.98. The highest BCUT2D eigenvalue weighted by Crippen LogP contribution is 2.14. The smallest absolute Gasteiger partial charge is 0.254 e. The van der Waals surface area contributed by atoms with E-state index in [2.05, 4.69) is 5.32 Å². The maximum absolute atomic E-state index is 13.4. The van der Waals surface area contributed by atoms with E-state index >= 15 is 0 Å². The predicted octanol–water partition coefficient (Wildman–Crippen LogP) is 4.01. The van der Waals surface area contributed by atoms with Crippen LogP contribution in [0.1, 0.15) is 36.0 Å². The van der Waals surface area contributed by atoms with Gasteiger partial charge < -0.3 is 5.32 Å². The van der Waals surface area contributed by atoms with Crippen LogP contribution in [0.3, 0.4) is 0 Å². The summed E-state index contributed by atoms with van der Waals surface area (Å²) < 4.78 is 13.4. The summed E-state index contributed by atoms with van der Waals surface area (Å²) in [4.78, 5) is 11.7. The predicted molar refractivity (Wildman–Crippen MR) is 72.9 cm³/mol. The Labute approximate surface area is 116 Å². The van der Waals surface area contributed by atoms with Gasteiger partial charge >= 0.3 is 0 Å². The monoisotopic (exact) mass is 291 g/mol. The Balaban J connectivity index is 2.34. The first-order chi connectivity index (χ1) is 8.65. The summed E-state index contributed by atoms with van der Waals surface area (Å²) in [5.74, 6) is -0.313. The van der Waals surface area contributed by atoms with Crippen molar-refractivity contribution in [3.63, 3.8) is 0 Å². The number of nitrogens with one attached hydrogen (secondary N) is 1. The van der Waals surface area contributed by atoms with Gasteiger partial charge in [-0.3, -0.25) is 4.79 Å². The Hall–Kier alpha value is -0.800. The summed E-state index contributed by atoms with van der Waals surface area (Å²) in [5, 5.41) is 3.02. The quantitative estimate of drug-likeness (QED) is 0.597. The van der Waals surface area contributed by atoms with Crippen molar-refractivity contribution in [1.29, 1.82) is 0 Å². The summed E-state index contributed by atoms with van der Waals surface area (Å²) in [6, 6.07) is 3.94. The van der Waals surface area contributed by atoms with Crippen molar-refractivity contribution in [3.05, 3.63) is 34.6 Å². The first-order valence-corrected chi connectivity index (χ1v) is 6.85. The van der Waals surface area contributed by atoms with E-state index in [0.717, 1.165) is 25.7 Å². The van der Waals surface area contributed by atoms with E-state index in [-0.39, 0.29) is 5.56 Å². The Morgan fingerprint density at radius 2 is 1.94 bits per heavy atom. The summed E-state index contributed by atoms with van der Waals surface area (Å²) in [5.41, 5.74) is -0.0109. The normalized spacial score (nSPS) is 10.4. The summed E-state index contributed by atoms with van der Waals surface area (Å²) in [7, 11) is 0. The van der Waals surface area contributed by atoms with Crippen LogP contribution in [-0.4, -0.2) is 18.3 Å². The number of carbonyl (C=O) groups excluding carboxylic acids is 1. The van der Waals surface area contributed by atoms with Crippen LogP contribution < -0.4 is 5.32 Å². The van der Waals surface area contributed by atoms with Crippen molar-refractivity contribution in [2.24, 2.45) is 0 Å². The molecule has 0 aliphatic rings. The zero-order valence-electron chi connectivity index (χ0n) is 10.0. The topological polar surface area (TPSA) is 29.1 Å². The number of benzene rings is 1. The Morgan fingerprint density at radius 1 is 1.22 bits per heavy atom. The maximum atomic E-state index is 13.4. The third kappa shape index (κ3) is 5.23. The van der Waals surface area contributed by atoms with Crippen molar-refractivity contribution >= 4 is 29.1 Å². The van der Waals surface area contributed by atoms with Gasteiger partial charge in [0.25, 0.3) is 5.91 Å². The highest BCUT2D eigenvalue weighted by atomic mass is 35.5. The second kappa shape index (κ2) is 8.33. The third-order valence-corrected chi connectivity index (χ3v) is 3.02. The van der Waals surface area contributed by atoms with Gasteiger partial charge in [0.2, 0.25) is 0 Å². The molecule has 0 radical (unpaired) electrons. The molecule has 1 N–H and O–H groups in total. The molecule has 0 aliphatic heterocycles. The molecule has 2 nitrogen and oxygen atoms in total. The highest BCUT2D eigenvalue weighted by molar-refractivity contribution is 6.31. The molecule has 1 aromatic rings. The van der Waals surface area contributed by atoms with E-state index in [1.807, 2.05) is 0 Å². The van der Waals surface area contributed by atoms with E-state index in [1.54, 1.807) is 0 Å². The molecule has 0 aliphatic carbocycles. The molecule has 18 heavy (non-hydrogen) atoms. The van der Waals surface area contributed by atoms with Crippen molar-refractivity contribution in [2.45, 2.75) is 25.7 Å². The molecule has 0 aromatic heterocycles. The molecule has 100 valence electrons. The molecule has 1 amide bonds. The molecule has 0 saturated heterocycles. The van der Waals surface area contributed by atoms with E-state index in [0.29, 0.717) is 17.4 Å². The standard InChI is InChI=1S/C13H16Cl2FNO/c14-7-3-1-2-4-8-17-13(18)11-9-10(15)5-6-12(11)16/h5-6,9H,1-4,7-8H2,(H,17,18). The molecule has 5 heteroatoms. The number of carbonyl (C=O) groups is 1. The minimum Gasteiger partial charge on any atom is -0.352 e. The number of alkyl halides is 1. The molecule has 0 fully saturated rings. The molecule has 1 aromatic carbocycles. The molecule has 0 saturated carbocycles. The van der Waals surface area contributed by atoms with Gasteiger partial charge in [-0.25, -0.2) is 4.39 Å². The van der Waals surface area contributed by atoms with Gasteiger partial charge in [0.15, 0.2) is 0 Å². The maximum Gasteiger partial charge on any atom is 0.254 e. The lowest BCUT2D eigenvalue weighted by atomic mass is 10.2. The number of halogens is 3. The van der Waals surface area contributed by atoms with Crippen LogP contribution in [-0.2, 0) is 0 Å².